The molecular formula is C21H17BrN4O2. The van der Waals surface area contributed by atoms with Crippen LogP contribution in [0.2, 0.25) is 0 Å². The van der Waals surface area contributed by atoms with Crippen LogP contribution in [0.3, 0.4) is 0 Å². The summed E-state index contributed by atoms with van der Waals surface area (Å²) in [4.78, 5) is 21.4. The number of benzene rings is 2. The smallest absolute Gasteiger partial charge is 0.271 e. The zero-order valence-electron chi connectivity index (χ0n) is 15.0. The molecular weight excluding hydrogens is 420 g/mol. The van der Waals surface area contributed by atoms with Crippen molar-refractivity contribution in [2.45, 2.75) is 13.1 Å². The molecule has 1 amide bonds. The number of nitrogens with zero attached hydrogens (tertiary/aromatic N) is 2. The van der Waals surface area contributed by atoms with E-state index in [9.17, 15) is 4.79 Å². The van der Waals surface area contributed by atoms with Crippen LogP contribution < -0.4 is 10.6 Å². The van der Waals surface area contributed by atoms with Crippen LogP contribution in [0.5, 0.6) is 0 Å². The lowest BCUT2D eigenvalue weighted by atomic mass is 10.2. The SMILES string of the molecule is Cc1ccc(NC(NC(=O)c2ccc(Br)cn2)c2nc3ccccc3o2)cc1. The Morgan fingerprint density at radius 3 is 2.57 bits per heavy atom. The highest BCUT2D eigenvalue weighted by molar-refractivity contribution is 9.10. The van der Waals surface area contributed by atoms with Crippen LogP contribution >= 0.6 is 15.9 Å². The standard InChI is InChI=1S/C21H17BrN4O2/c1-13-6-9-15(10-7-13)24-19(21-25-16-4-2-3-5-18(16)28-21)26-20(27)17-11-8-14(22)12-23-17/h2-12,19,24H,1H3,(H,26,27). The number of aromatic nitrogens is 2. The van der Waals surface area contributed by atoms with Crippen LogP contribution in [0.25, 0.3) is 11.1 Å². The van der Waals surface area contributed by atoms with Gasteiger partial charge in [-0.3, -0.25) is 4.79 Å². The third-order valence-electron chi connectivity index (χ3n) is 4.16. The van der Waals surface area contributed by atoms with Crippen molar-refractivity contribution in [1.82, 2.24) is 15.3 Å². The summed E-state index contributed by atoms with van der Waals surface area (Å²) in [6.07, 6.45) is 0.921. The van der Waals surface area contributed by atoms with Crippen molar-refractivity contribution < 1.29 is 9.21 Å². The van der Waals surface area contributed by atoms with Crippen molar-refractivity contribution in [2.24, 2.45) is 0 Å². The molecule has 2 N–H and O–H groups in total. The van der Waals surface area contributed by atoms with Gasteiger partial charge < -0.3 is 15.1 Å². The number of rotatable bonds is 5. The van der Waals surface area contributed by atoms with Gasteiger partial charge in [-0.1, -0.05) is 29.8 Å². The quantitative estimate of drug-likeness (QED) is 0.437. The molecule has 0 bridgehead atoms. The first-order chi connectivity index (χ1) is 13.6. The lowest BCUT2D eigenvalue weighted by Crippen LogP contribution is -2.34. The minimum Gasteiger partial charge on any atom is -0.436 e. The minimum absolute atomic E-state index is 0.301. The number of hydrogen-bond acceptors (Lipinski definition) is 5. The van der Waals surface area contributed by atoms with Crippen molar-refractivity contribution in [1.29, 1.82) is 0 Å². The van der Waals surface area contributed by atoms with Gasteiger partial charge in [-0.15, -0.1) is 0 Å². The number of carbonyl (C=O) groups excluding carboxylic acids is 1. The van der Waals surface area contributed by atoms with Crippen LogP contribution in [0.4, 0.5) is 5.69 Å². The van der Waals surface area contributed by atoms with E-state index >= 15 is 0 Å². The lowest BCUT2D eigenvalue weighted by Gasteiger charge is -2.18. The normalized spacial score (nSPS) is 11.9. The molecule has 0 saturated heterocycles. The molecule has 2 aromatic carbocycles. The van der Waals surface area contributed by atoms with Crippen LogP contribution in [-0.2, 0) is 0 Å². The molecule has 0 radical (unpaired) electrons. The highest BCUT2D eigenvalue weighted by atomic mass is 79.9. The van der Waals surface area contributed by atoms with Crippen LogP contribution in [-0.4, -0.2) is 15.9 Å². The predicted molar refractivity (Wildman–Crippen MR) is 111 cm³/mol. The van der Waals surface area contributed by atoms with E-state index in [-0.39, 0.29) is 5.91 Å². The van der Waals surface area contributed by atoms with Gasteiger partial charge in [-0.05, 0) is 59.3 Å². The number of anilines is 1. The Labute approximate surface area is 170 Å². The number of carbonyl (C=O) groups is 1. The van der Waals surface area contributed by atoms with Crippen LogP contribution in [0.1, 0.15) is 28.1 Å². The Balaban J connectivity index is 1.64. The number of pyridine rings is 1. The molecule has 1 unspecified atom stereocenters. The summed E-state index contributed by atoms with van der Waals surface area (Å²) in [7, 11) is 0. The van der Waals surface area contributed by atoms with Crippen molar-refractivity contribution in [3.8, 4) is 0 Å². The fourth-order valence-corrected chi connectivity index (χ4v) is 2.94. The van der Waals surface area contributed by atoms with Gasteiger partial charge >= 0.3 is 0 Å². The van der Waals surface area contributed by atoms with Gasteiger partial charge in [-0.25, -0.2) is 9.97 Å². The number of halogens is 1. The summed E-state index contributed by atoms with van der Waals surface area (Å²) in [6, 6.07) is 18.7. The van der Waals surface area contributed by atoms with Crippen molar-refractivity contribution in [3.63, 3.8) is 0 Å². The molecule has 0 saturated carbocycles. The molecule has 2 heterocycles. The second-order valence-corrected chi connectivity index (χ2v) is 7.21. The van der Waals surface area contributed by atoms with E-state index in [2.05, 4.69) is 36.5 Å². The van der Waals surface area contributed by atoms with Gasteiger partial charge in [0.1, 0.15) is 11.2 Å². The molecule has 4 rings (SSSR count). The number of aryl methyl sites for hydroxylation is 1. The lowest BCUT2D eigenvalue weighted by molar-refractivity contribution is 0.0931. The fraction of sp³-hybridized carbons (Fsp3) is 0.0952. The summed E-state index contributed by atoms with van der Waals surface area (Å²) in [6.45, 7) is 2.02. The third-order valence-corrected chi connectivity index (χ3v) is 4.62. The van der Waals surface area contributed by atoms with Gasteiger partial charge in [0.15, 0.2) is 11.7 Å². The molecule has 0 fully saturated rings. The third kappa shape index (κ3) is 4.04. The molecule has 0 aliphatic rings. The van der Waals surface area contributed by atoms with Gasteiger partial charge in [0.25, 0.3) is 5.91 Å². The first-order valence-electron chi connectivity index (χ1n) is 8.69. The second kappa shape index (κ2) is 7.82. The van der Waals surface area contributed by atoms with E-state index in [1.54, 1.807) is 18.3 Å². The van der Waals surface area contributed by atoms with E-state index in [0.29, 0.717) is 17.2 Å². The van der Waals surface area contributed by atoms with E-state index in [4.69, 9.17) is 4.42 Å². The zero-order valence-corrected chi connectivity index (χ0v) is 16.6. The van der Waals surface area contributed by atoms with Crippen molar-refractivity contribution in [2.75, 3.05) is 5.32 Å². The van der Waals surface area contributed by atoms with E-state index < -0.39 is 6.17 Å². The summed E-state index contributed by atoms with van der Waals surface area (Å²) >= 11 is 3.32. The first-order valence-corrected chi connectivity index (χ1v) is 9.49. The number of fused-ring (bicyclic) bond motifs is 1. The number of amides is 1. The Bertz CT molecular complexity index is 1070. The van der Waals surface area contributed by atoms with E-state index in [1.807, 2.05) is 55.5 Å². The zero-order chi connectivity index (χ0) is 19.5. The highest BCUT2D eigenvalue weighted by Crippen LogP contribution is 2.22. The molecule has 0 aliphatic heterocycles. The van der Waals surface area contributed by atoms with E-state index in [1.165, 1.54) is 0 Å². The van der Waals surface area contributed by atoms with Gasteiger partial charge in [0.05, 0.1) is 0 Å². The molecule has 1 atom stereocenters. The Hall–Kier alpha value is -3.19. The number of nitrogens with one attached hydrogen (secondary N) is 2. The first kappa shape index (κ1) is 18.2. The monoisotopic (exact) mass is 436 g/mol. The number of para-hydroxylation sites is 2. The molecule has 28 heavy (non-hydrogen) atoms. The Kier molecular flexibility index (Phi) is 5.08. The molecule has 4 aromatic rings. The summed E-state index contributed by atoms with van der Waals surface area (Å²) in [5, 5.41) is 6.18. The number of oxazole rings is 1. The van der Waals surface area contributed by atoms with Crippen LogP contribution in [0.15, 0.2) is 75.8 Å². The van der Waals surface area contributed by atoms with Crippen LogP contribution in [0, 0.1) is 6.92 Å². The van der Waals surface area contributed by atoms with Gasteiger partial charge in [0, 0.05) is 16.4 Å². The van der Waals surface area contributed by atoms with Gasteiger partial charge in [-0.2, -0.15) is 0 Å². The molecule has 7 heteroatoms. The summed E-state index contributed by atoms with van der Waals surface area (Å²) < 4.78 is 6.67. The molecule has 0 aliphatic carbocycles. The second-order valence-electron chi connectivity index (χ2n) is 6.30. The average Bonchev–Trinajstić information content (AvgIpc) is 3.14. The number of hydrogen-bond donors (Lipinski definition) is 2. The van der Waals surface area contributed by atoms with Crippen molar-refractivity contribution in [3.05, 3.63) is 88.5 Å². The fourth-order valence-electron chi connectivity index (χ4n) is 2.70. The average molecular weight is 437 g/mol. The minimum atomic E-state index is -0.659. The maximum atomic E-state index is 12.7. The molecule has 6 nitrogen and oxygen atoms in total. The molecule has 0 spiro atoms. The Morgan fingerprint density at radius 2 is 1.86 bits per heavy atom. The van der Waals surface area contributed by atoms with Crippen molar-refractivity contribution >= 4 is 38.6 Å². The Morgan fingerprint density at radius 1 is 1.07 bits per heavy atom. The predicted octanol–water partition coefficient (Wildman–Crippen LogP) is 4.83. The van der Waals surface area contributed by atoms with Gasteiger partial charge in [0.2, 0.25) is 5.89 Å². The summed E-state index contributed by atoms with van der Waals surface area (Å²) in [5.41, 5.74) is 3.66. The summed E-state index contributed by atoms with van der Waals surface area (Å²) in [5.74, 6) is 0.0339. The maximum Gasteiger partial charge on any atom is 0.271 e. The largest absolute Gasteiger partial charge is 0.436 e. The molecule has 140 valence electrons. The maximum absolute atomic E-state index is 12.7. The van der Waals surface area contributed by atoms with E-state index in [0.717, 1.165) is 21.2 Å². The highest BCUT2D eigenvalue weighted by Gasteiger charge is 2.22. The molecule has 2 aromatic heterocycles. The topological polar surface area (TPSA) is 80.0 Å².